The van der Waals surface area contributed by atoms with Gasteiger partial charge < -0.3 is 10.2 Å². The first-order valence-electron chi connectivity index (χ1n) is 13.0. The van der Waals surface area contributed by atoms with Crippen LogP contribution in [-0.4, -0.2) is 18.1 Å². The van der Waals surface area contributed by atoms with Gasteiger partial charge >= 0.3 is 0 Å². The Morgan fingerprint density at radius 3 is 2.26 bits per heavy atom. The van der Waals surface area contributed by atoms with E-state index in [9.17, 15) is 9.59 Å². The van der Waals surface area contributed by atoms with Crippen LogP contribution in [0.5, 0.6) is 0 Å². The van der Waals surface area contributed by atoms with Crippen molar-refractivity contribution in [1.82, 2.24) is 5.32 Å². The zero-order valence-electron chi connectivity index (χ0n) is 21.5. The van der Waals surface area contributed by atoms with Crippen LogP contribution in [0, 0.1) is 11.1 Å². The third-order valence-corrected chi connectivity index (χ3v) is 7.26. The lowest BCUT2D eigenvalue weighted by molar-refractivity contribution is -0.114. The van der Waals surface area contributed by atoms with E-state index in [1.807, 2.05) is 30.3 Å². The molecule has 0 saturated heterocycles. The fourth-order valence-corrected chi connectivity index (χ4v) is 4.96. The van der Waals surface area contributed by atoms with Crippen molar-refractivity contribution in [2.45, 2.75) is 50.9 Å². The Labute approximate surface area is 233 Å². The van der Waals surface area contributed by atoms with Crippen LogP contribution in [0.2, 0.25) is 5.02 Å². The molecule has 1 saturated carbocycles. The SMILES string of the molecule is N=NC(N=N)NC(=O)c1ccc(CN(C(=O)C=Cc2ccccc2Cl)c2ccc(C3CCCCC3)cc2)cc1. The predicted octanol–water partition coefficient (Wildman–Crippen LogP) is 7.71. The van der Waals surface area contributed by atoms with Crippen molar-refractivity contribution in [2.75, 3.05) is 4.90 Å². The van der Waals surface area contributed by atoms with Gasteiger partial charge in [0.2, 0.25) is 0 Å². The molecular weight excluding hydrogens is 512 g/mol. The first kappa shape index (κ1) is 27.9. The lowest BCUT2D eigenvalue weighted by atomic mass is 9.84. The van der Waals surface area contributed by atoms with Crippen LogP contribution >= 0.6 is 11.6 Å². The number of carbonyl (C=O) groups excluding carboxylic acids is 2. The molecule has 1 aliphatic carbocycles. The Morgan fingerprint density at radius 1 is 0.949 bits per heavy atom. The Kier molecular flexibility index (Phi) is 9.69. The van der Waals surface area contributed by atoms with Gasteiger partial charge in [-0.3, -0.25) is 9.59 Å². The Bertz CT molecular complexity index is 1330. The van der Waals surface area contributed by atoms with Crippen molar-refractivity contribution in [3.63, 3.8) is 0 Å². The topological polar surface area (TPSA) is 122 Å². The van der Waals surface area contributed by atoms with Crippen LogP contribution in [0.15, 0.2) is 89.1 Å². The molecule has 0 atom stereocenters. The second kappa shape index (κ2) is 13.6. The van der Waals surface area contributed by atoms with E-state index >= 15 is 0 Å². The van der Waals surface area contributed by atoms with E-state index in [1.54, 1.807) is 41.3 Å². The van der Waals surface area contributed by atoms with E-state index < -0.39 is 12.2 Å². The minimum absolute atomic E-state index is 0.195. The average Bonchev–Trinajstić information content (AvgIpc) is 2.99. The van der Waals surface area contributed by atoms with E-state index in [2.05, 4.69) is 27.7 Å². The van der Waals surface area contributed by atoms with Crippen LogP contribution in [0.25, 0.3) is 6.08 Å². The fraction of sp³-hybridized carbons (Fsp3) is 0.267. The van der Waals surface area contributed by atoms with Gasteiger partial charge in [0.05, 0.1) is 6.54 Å². The van der Waals surface area contributed by atoms with Crippen LogP contribution in [0.3, 0.4) is 0 Å². The molecule has 0 spiro atoms. The van der Waals surface area contributed by atoms with Crippen molar-refractivity contribution in [3.05, 3.63) is 106 Å². The van der Waals surface area contributed by atoms with Crippen LogP contribution in [-0.2, 0) is 11.3 Å². The highest BCUT2D eigenvalue weighted by Crippen LogP contribution is 2.33. The van der Waals surface area contributed by atoms with Crippen molar-refractivity contribution >= 4 is 35.2 Å². The standard InChI is InChI=1S/C30H31ClN6O2/c31-27-9-5-4-8-24(27)16-19-28(38)37(26-17-14-23(15-18-26)22-6-2-1-3-7-22)20-21-10-12-25(13-11-21)29(39)34-30(35-32)36-33/h4-5,8-19,22,30,32-33H,1-3,6-7,20H2,(H,34,39). The minimum Gasteiger partial charge on any atom is -0.309 e. The number of nitrogens with one attached hydrogen (secondary N) is 3. The van der Waals surface area contributed by atoms with Crippen molar-refractivity contribution in [3.8, 4) is 0 Å². The maximum atomic E-state index is 13.5. The van der Waals surface area contributed by atoms with Gasteiger partial charge in [0, 0.05) is 22.3 Å². The molecular formula is C30H31ClN6O2. The molecule has 3 N–H and O–H groups in total. The molecule has 8 nitrogen and oxygen atoms in total. The molecule has 39 heavy (non-hydrogen) atoms. The van der Waals surface area contributed by atoms with E-state index in [4.69, 9.17) is 22.7 Å². The van der Waals surface area contributed by atoms with Gasteiger partial charge in [-0.15, -0.1) is 10.2 Å². The molecule has 0 unspecified atom stereocenters. The third kappa shape index (κ3) is 7.45. The molecule has 4 rings (SSSR count). The van der Waals surface area contributed by atoms with Crippen LogP contribution in [0.1, 0.15) is 65.1 Å². The molecule has 9 heteroatoms. The number of benzene rings is 3. The Balaban J connectivity index is 1.56. The zero-order chi connectivity index (χ0) is 27.6. The summed E-state index contributed by atoms with van der Waals surface area (Å²) >= 11 is 6.27. The minimum atomic E-state index is -1.24. The van der Waals surface area contributed by atoms with E-state index in [1.165, 1.54) is 43.7 Å². The third-order valence-electron chi connectivity index (χ3n) is 6.92. The molecule has 3 aromatic carbocycles. The lowest BCUT2D eigenvalue weighted by Gasteiger charge is -2.25. The largest absolute Gasteiger partial charge is 0.309 e. The van der Waals surface area contributed by atoms with E-state index in [0.717, 1.165) is 16.8 Å². The quantitative estimate of drug-likeness (QED) is 0.179. The highest BCUT2D eigenvalue weighted by molar-refractivity contribution is 6.32. The molecule has 0 aromatic heterocycles. The maximum absolute atomic E-state index is 13.5. The number of rotatable bonds is 10. The number of amides is 2. The summed E-state index contributed by atoms with van der Waals surface area (Å²) in [7, 11) is 0. The number of nitrogens with zero attached hydrogens (tertiary/aromatic N) is 3. The summed E-state index contributed by atoms with van der Waals surface area (Å²) in [6.07, 6.45) is 8.22. The normalized spacial score (nSPS) is 14.5. The highest BCUT2D eigenvalue weighted by Gasteiger charge is 2.19. The van der Waals surface area contributed by atoms with Crippen molar-refractivity contribution < 1.29 is 9.59 Å². The number of hydrogen-bond acceptors (Lipinski definition) is 6. The summed E-state index contributed by atoms with van der Waals surface area (Å²) < 4.78 is 0. The molecule has 0 heterocycles. The van der Waals surface area contributed by atoms with Gasteiger partial charge in [-0.25, -0.2) is 11.1 Å². The Hall–Kier alpha value is -4.17. The molecule has 2 amide bonds. The Morgan fingerprint density at radius 2 is 1.62 bits per heavy atom. The molecule has 0 bridgehead atoms. The maximum Gasteiger partial charge on any atom is 0.254 e. The molecule has 1 fully saturated rings. The van der Waals surface area contributed by atoms with Gasteiger partial charge in [-0.1, -0.05) is 73.3 Å². The number of carbonyl (C=O) groups is 2. The second-order valence-corrected chi connectivity index (χ2v) is 9.92. The summed E-state index contributed by atoms with van der Waals surface area (Å²) in [5, 5.41) is 9.08. The number of halogens is 1. The van der Waals surface area contributed by atoms with Gasteiger partial charge in [-0.2, -0.15) is 0 Å². The highest BCUT2D eigenvalue weighted by atomic mass is 35.5. The summed E-state index contributed by atoms with van der Waals surface area (Å²) in [5.41, 5.74) is 17.9. The first-order chi connectivity index (χ1) is 19.0. The molecule has 3 aromatic rings. The van der Waals surface area contributed by atoms with Crippen molar-refractivity contribution in [2.24, 2.45) is 10.2 Å². The molecule has 1 aliphatic rings. The van der Waals surface area contributed by atoms with Gasteiger partial charge in [-0.05, 0) is 71.9 Å². The molecule has 0 aliphatic heterocycles. The van der Waals surface area contributed by atoms with Crippen LogP contribution < -0.4 is 10.2 Å². The molecule has 200 valence electrons. The number of hydrogen-bond donors (Lipinski definition) is 3. The average molecular weight is 543 g/mol. The summed E-state index contributed by atoms with van der Waals surface area (Å²) in [4.78, 5) is 27.5. The van der Waals surface area contributed by atoms with Crippen molar-refractivity contribution in [1.29, 1.82) is 11.1 Å². The fourth-order valence-electron chi connectivity index (χ4n) is 4.76. The van der Waals surface area contributed by atoms with Gasteiger partial charge in [0.15, 0.2) is 0 Å². The number of anilines is 1. The first-order valence-corrected chi connectivity index (χ1v) is 13.3. The predicted molar refractivity (Wildman–Crippen MR) is 152 cm³/mol. The van der Waals surface area contributed by atoms with Gasteiger partial charge in [0.25, 0.3) is 18.1 Å². The van der Waals surface area contributed by atoms with Crippen LogP contribution in [0.4, 0.5) is 5.69 Å². The molecule has 0 radical (unpaired) electrons. The smallest absolute Gasteiger partial charge is 0.254 e. The summed E-state index contributed by atoms with van der Waals surface area (Å²) in [6.45, 7) is 0.295. The van der Waals surface area contributed by atoms with Gasteiger partial charge in [0.1, 0.15) is 0 Å². The summed E-state index contributed by atoms with van der Waals surface area (Å²) in [6, 6.07) is 22.4. The monoisotopic (exact) mass is 542 g/mol. The second-order valence-electron chi connectivity index (χ2n) is 9.51. The zero-order valence-corrected chi connectivity index (χ0v) is 22.3. The summed E-state index contributed by atoms with van der Waals surface area (Å²) in [5.74, 6) is -0.118. The lowest BCUT2D eigenvalue weighted by Crippen LogP contribution is -2.31. The van der Waals surface area contributed by atoms with E-state index in [-0.39, 0.29) is 5.91 Å². The van der Waals surface area contributed by atoms with E-state index in [0.29, 0.717) is 23.0 Å².